The van der Waals surface area contributed by atoms with Crippen LogP contribution in [0.15, 0.2) is 0 Å². The van der Waals surface area contributed by atoms with E-state index in [4.69, 9.17) is 14.2 Å². The Morgan fingerprint density at radius 3 is 2.31 bits per heavy atom. The first kappa shape index (κ1) is 9.44. The predicted molar refractivity (Wildman–Crippen MR) is 48.5 cm³/mol. The van der Waals surface area contributed by atoms with E-state index in [9.17, 15) is 0 Å². The van der Waals surface area contributed by atoms with E-state index in [0.717, 1.165) is 45.7 Å². The molecule has 0 aromatic rings. The zero-order chi connectivity index (χ0) is 9.15. The van der Waals surface area contributed by atoms with Crippen LogP contribution < -0.4 is 0 Å². The number of hydrogen-bond acceptors (Lipinski definition) is 3. The molecule has 0 saturated carbocycles. The summed E-state index contributed by atoms with van der Waals surface area (Å²) >= 11 is 0. The SMILES string of the molecule is CCC1COC2(CCOCC2)OC1. The van der Waals surface area contributed by atoms with E-state index in [2.05, 4.69) is 6.92 Å². The molecule has 2 aliphatic heterocycles. The maximum Gasteiger partial charge on any atom is 0.172 e. The lowest BCUT2D eigenvalue weighted by Gasteiger charge is -2.42. The fourth-order valence-corrected chi connectivity index (χ4v) is 1.84. The molecule has 2 rings (SSSR count). The summed E-state index contributed by atoms with van der Waals surface area (Å²) in [5.41, 5.74) is 0. The summed E-state index contributed by atoms with van der Waals surface area (Å²) in [5.74, 6) is 0.303. The largest absolute Gasteiger partial charge is 0.381 e. The molecule has 13 heavy (non-hydrogen) atoms. The van der Waals surface area contributed by atoms with E-state index in [1.807, 2.05) is 0 Å². The Hall–Kier alpha value is -0.120. The highest BCUT2D eigenvalue weighted by atomic mass is 16.7. The van der Waals surface area contributed by atoms with Crippen LogP contribution in [0.2, 0.25) is 0 Å². The van der Waals surface area contributed by atoms with Crippen LogP contribution in [0.4, 0.5) is 0 Å². The first-order chi connectivity index (χ1) is 6.35. The van der Waals surface area contributed by atoms with Crippen molar-refractivity contribution in [2.75, 3.05) is 26.4 Å². The Kier molecular flexibility index (Phi) is 2.86. The van der Waals surface area contributed by atoms with E-state index in [1.54, 1.807) is 0 Å². The molecular weight excluding hydrogens is 168 g/mol. The van der Waals surface area contributed by atoms with Gasteiger partial charge in [-0.05, 0) is 6.42 Å². The maximum absolute atomic E-state index is 5.81. The minimum absolute atomic E-state index is 0.288. The van der Waals surface area contributed by atoms with Gasteiger partial charge >= 0.3 is 0 Å². The van der Waals surface area contributed by atoms with Crippen molar-refractivity contribution in [2.45, 2.75) is 32.0 Å². The van der Waals surface area contributed by atoms with E-state index < -0.39 is 0 Å². The third kappa shape index (κ3) is 2.03. The molecule has 0 unspecified atom stereocenters. The van der Waals surface area contributed by atoms with E-state index in [1.165, 1.54) is 0 Å². The quantitative estimate of drug-likeness (QED) is 0.622. The molecule has 1 spiro atoms. The van der Waals surface area contributed by atoms with Crippen LogP contribution in [0.5, 0.6) is 0 Å². The lowest BCUT2D eigenvalue weighted by atomic mass is 10.0. The summed E-state index contributed by atoms with van der Waals surface area (Å²) in [4.78, 5) is 0. The average Bonchev–Trinajstić information content (AvgIpc) is 2.20. The molecule has 0 aliphatic carbocycles. The summed E-state index contributed by atoms with van der Waals surface area (Å²) in [6.45, 7) is 5.44. The van der Waals surface area contributed by atoms with Gasteiger partial charge in [0.2, 0.25) is 0 Å². The number of hydrogen-bond donors (Lipinski definition) is 0. The minimum atomic E-state index is -0.288. The van der Waals surface area contributed by atoms with E-state index >= 15 is 0 Å². The van der Waals surface area contributed by atoms with Crippen molar-refractivity contribution in [1.82, 2.24) is 0 Å². The second-order valence-corrected chi connectivity index (χ2v) is 3.92. The van der Waals surface area contributed by atoms with Crippen LogP contribution in [-0.4, -0.2) is 32.2 Å². The standard InChI is InChI=1S/C10H18O3/c1-2-9-7-12-10(13-8-9)3-5-11-6-4-10/h9H,2-8H2,1H3. The second kappa shape index (κ2) is 3.95. The van der Waals surface area contributed by atoms with Crippen LogP contribution in [0, 0.1) is 5.92 Å². The number of ether oxygens (including phenoxy) is 3. The topological polar surface area (TPSA) is 27.7 Å². The van der Waals surface area contributed by atoms with Gasteiger partial charge in [0, 0.05) is 18.8 Å². The molecule has 2 heterocycles. The molecule has 76 valence electrons. The normalized spacial score (nSPS) is 29.3. The maximum atomic E-state index is 5.81. The predicted octanol–water partition coefficient (Wildman–Crippen LogP) is 1.57. The Bertz CT molecular complexity index is 154. The Balaban J connectivity index is 1.87. The van der Waals surface area contributed by atoms with Crippen LogP contribution in [-0.2, 0) is 14.2 Å². The fraction of sp³-hybridized carbons (Fsp3) is 1.00. The van der Waals surface area contributed by atoms with Gasteiger partial charge in [-0.1, -0.05) is 6.92 Å². The van der Waals surface area contributed by atoms with Gasteiger partial charge in [-0.25, -0.2) is 0 Å². The highest BCUT2D eigenvalue weighted by molar-refractivity contribution is 4.78. The lowest BCUT2D eigenvalue weighted by molar-refractivity contribution is -0.307. The molecular formula is C10H18O3. The molecule has 0 radical (unpaired) electrons. The van der Waals surface area contributed by atoms with Gasteiger partial charge in [0.1, 0.15) is 0 Å². The van der Waals surface area contributed by atoms with Crippen LogP contribution in [0.3, 0.4) is 0 Å². The van der Waals surface area contributed by atoms with Gasteiger partial charge in [0.05, 0.1) is 26.4 Å². The summed E-state index contributed by atoms with van der Waals surface area (Å²) in [6.07, 6.45) is 2.93. The second-order valence-electron chi connectivity index (χ2n) is 3.92. The minimum Gasteiger partial charge on any atom is -0.381 e. The van der Waals surface area contributed by atoms with Crippen molar-refractivity contribution >= 4 is 0 Å². The van der Waals surface area contributed by atoms with Gasteiger partial charge in [-0.3, -0.25) is 0 Å². The monoisotopic (exact) mass is 186 g/mol. The Labute approximate surface area is 79.4 Å². The third-order valence-electron chi connectivity index (χ3n) is 3.00. The first-order valence-corrected chi connectivity index (χ1v) is 5.20. The molecule has 2 fully saturated rings. The summed E-state index contributed by atoms with van der Waals surface area (Å²) in [6, 6.07) is 0. The zero-order valence-electron chi connectivity index (χ0n) is 8.25. The highest BCUT2D eigenvalue weighted by Crippen LogP contribution is 2.31. The van der Waals surface area contributed by atoms with Crippen molar-refractivity contribution in [3.8, 4) is 0 Å². The Morgan fingerprint density at radius 2 is 1.77 bits per heavy atom. The van der Waals surface area contributed by atoms with Crippen molar-refractivity contribution in [1.29, 1.82) is 0 Å². The molecule has 0 bridgehead atoms. The van der Waals surface area contributed by atoms with Gasteiger partial charge < -0.3 is 14.2 Å². The zero-order valence-corrected chi connectivity index (χ0v) is 8.25. The van der Waals surface area contributed by atoms with Gasteiger partial charge in [0.15, 0.2) is 5.79 Å². The first-order valence-electron chi connectivity index (χ1n) is 5.20. The number of rotatable bonds is 1. The van der Waals surface area contributed by atoms with E-state index in [0.29, 0.717) is 5.92 Å². The van der Waals surface area contributed by atoms with Gasteiger partial charge in [-0.15, -0.1) is 0 Å². The van der Waals surface area contributed by atoms with Crippen molar-refractivity contribution < 1.29 is 14.2 Å². The highest BCUT2D eigenvalue weighted by Gasteiger charge is 2.38. The summed E-state index contributed by atoms with van der Waals surface area (Å²) in [5, 5.41) is 0. The summed E-state index contributed by atoms with van der Waals surface area (Å²) in [7, 11) is 0. The van der Waals surface area contributed by atoms with Crippen LogP contribution >= 0.6 is 0 Å². The van der Waals surface area contributed by atoms with Crippen molar-refractivity contribution in [3.05, 3.63) is 0 Å². The molecule has 0 N–H and O–H groups in total. The van der Waals surface area contributed by atoms with Gasteiger partial charge in [-0.2, -0.15) is 0 Å². The molecule has 0 atom stereocenters. The fourth-order valence-electron chi connectivity index (χ4n) is 1.84. The average molecular weight is 186 g/mol. The van der Waals surface area contributed by atoms with E-state index in [-0.39, 0.29) is 5.79 Å². The third-order valence-corrected chi connectivity index (χ3v) is 3.00. The van der Waals surface area contributed by atoms with Gasteiger partial charge in [0.25, 0.3) is 0 Å². The molecule has 2 saturated heterocycles. The van der Waals surface area contributed by atoms with Crippen molar-refractivity contribution in [3.63, 3.8) is 0 Å². The molecule has 0 aromatic carbocycles. The van der Waals surface area contributed by atoms with Crippen molar-refractivity contribution in [2.24, 2.45) is 5.92 Å². The summed E-state index contributed by atoms with van der Waals surface area (Å²) < 4.78 is 16.9. The lowest BCUT2D eigenvalue weighted by Crippen LogP contribution is -2.47. The van der Waals surface area contributed by atoms with Crippen LogP contribution in [0.25, 0.3) is 0 Å². The molecule has 0 aromatic heterocycles. The molecule has 3 nitrogen and oxygen atoms in total. The van der Waals surface area contributed by atoms with Crippen LogP contribution in [0.1, 0.15) is 26.2 Å². The molecule has 2 aliphatic rings. The Morgan fingerprint density at radius 1 is 1.15 bits per heavy atom. The molecule has 3 heteroatoms. The smallest absolute Gasteiger partial charge is 0.172 e. The molecule has 0 amide bonds.